The quantitative estimate of drug-likeness (QED) is 0.248. The van der Waals surface area contributed by atoms with Gasteiger partial charge in [-0.15, -0.1) is 5.92 Å². The van der Waals surface area contributed by atoms with E-state index in [0.717, 1.165) is 16.5 Å². The highest BCUT2D eigenvalue weighted by molar-refractivity contribution is 6.07. The number of nitrogens with zero attached hydrogens (tertiary/aromatic N) is 1. The Labute approximate surface area is 205 Å². The summed E-state index contributed by atoms with van der Waals surface area (Å²) in [6.45, 7) is 1.90. The number of imide groups is 1. The number of carbonyl (C=O) groups is 2. The summed E-state index contributed by atoms with van der Waals surface area (Å²) in [6, 6.07) is 14.9. The van der Waals surface area contributed by atoms with Crippen molar-refractivity contribution in [2.75, 3.05) is 6.61 Å². The number of aromatic hydroxyl groups is 1. The number of fused-ring (bicyclic) bond motifs is 1. The van der Waals surface area contributed by atoms with Crippen molar-refractivity contribution in [3.8, 4) is 34.6 Å². The summed E-state index contributed by atoms with van der Waals surface area (Å²) in [7, 11) is 0. The van der Waals surface area contributed by atoms with Crippen molar-refractivity contribution >= 4 is 22.7 Å². The molecule has 9 heteroatoms. The molecule has 1 aliphatic heterocycles. The SMILES string of the molecule is CC#CCOc1ccc2cn(CC3(c4ccc(-c5cc[nH]c(=O)c5)cc4)NC(=O)NC3=O)c(O)c2c1. The zero-order valence-electron chi connectivity index (χ0n) is 19.3. The van der Waals surface area contributed by atoms with Crippen LogP contribution in [0.5, 0.6) is 11.6 Å². The standard InChI is InChI=1S/C27H22N4O5/c1-2-3-12-36-21-9-6-19-15-31(24(33)22(19)14-21)16-27(25(34)29-26(35)30-27)20-7-4-17(5-8-20)18-10-11-28-23(32)13-18/h4-11,13-15,33H,12,16H2,1H3,(H,28,32)(H2,29,30,34,35). The normalized spacial score (nSPS) is 16.8. The largest absolute Gasteiger partial charge is 0.494 e. The van der Waals surface area contributed by atoms with Gasteiger partial charge in [-0.25, -0.2) is 4.79 Å². The van der Waals surface area contributed by atoms with E-state index >= 15 is 0 Å². The van der Waals surface area contributed by atoms with Gasteiger partial charge in [-0.05, 0) is 47.9 Å². The lowest BCUT2D eigenvalue weighted by Gasteiger charge is -2.27. The molecular weight excluding hydrogens is 460 g/mol. The molecule has 0 bridgehead atoms. The minimum Gasteiger partial charge on any atom is -0.494 e. The van der Waals surface area contributed by atoms with Crippen molar-refractivity contribution < 1.29 is 19.4 Å². The second-order valence-corrected chi connectivity index (χ2v) is 8.38. The van der Waals surface area contributed by atoms with Crippen LogP contribution in [0.25, 0.3) is 21.9 Å². The van der Waals surface area contributed by atoms with Gasteiger partial charge in [0.25, 0.3) is 5.91 Å². The van der Waals surface area contributed by atoms with E-state index in [1.54, 1.807) is 67.8 Å². The third-order valence-corrected chi connectivity index (χ3v) is 6.16. The van der Waals surface area contributed by atoms with Crippen LogP contribution in [-0.4, -0.2) is 33.2 Å². The van der Waals surface area contributed by atoms with Gasteiger partial charge in [0.05, 0.1) is 6.54 Å². The summed E-state index contributed by atoms with van der Waals surface area (Å²) < 4.78 is 7.11. The van der Waals surface area contributed by atoms with Crippen molar-refractivity contribution in [3.63, 3.8) is 0 Å². The van der Waals surface area contributed by atoms with Crippen LogP contribution in [0, 0.1) is 11.8 Å². The van der Waals surface area contributed by atoms with Crippen LogP contribution >= 0.6 is 0 Å². The number of ether oxygens (including phenoxy) is 1. The van der Waals surface area contributed by atoms with Crippen LogP contribution in [0.4, 0.5) is 4.79 Å². The topological polar surface area (TPSA) is 125 Å². The first-order valence-corrected chi connectivity index (χ1v) is 11.2. The number of aromatic nitrogens is 2. The number of pyridine rings is 1. The molecule has 1 atom stereocenters. The van der Waals surface area contributed by atoms with E-state index in [2.05, 4.69) is 27.5 Å². The molecule has 180 valence electrons. The number of rotatable bonds is 6. The van der Waals surface area contributed by atoms with Crippen molar-refractivity contribution in [1.29, 1.82) is 0 Å². The fourth-order valence-corrected chi connectivity index (χ4v) is 4.35. The second kappa shape index (κ2) is 9.00. The van der Waals surface area contributed by atoms with E-state index < -0.39 is 17.5 Å². The second-order valence-electron chi connectivity index (χ2n) is 8.38. The average Bonchev–Trinajstić information content (AvgIpc) is 3.34. The molecule has 4 aromatic rings. The van der Waals surface area contributed by atoms with Gasteiger partial charge in [0.2, 0.25) is 5.56 Å². The minimum atomic E-state index is -1.45. The summed E-state index contributed by atoms with van der Waals surface area (Å²) in [4.78, 5) is 39.5. The van der Waals surface area contributed by atoms with Gasteiger partial charge < -0.3 is 24.7 Å². The first-order valence-electron chi connectivity index (χ1n) is 11.2. The lowest BCUT2D eigenvalue weighted by Crippen LogP contribution is -2.47. The van der Waals surface area contributed by atoms with Gasteiger partial charge in [-0.3, -0.25) is 14.9 Å². The zero-order valence-corrected chi connectivity index (χ0v) is 19.3. The van der Waals surface area contributed by atoms with E-state index in [9.17, 15) is 19.5 Å². The fraction of sp³-hybridized carbons (Fsp3) is 0.148. The Morgan fingerprint density at radius 3 is 2.53 bits per heavy atom. The summed E-state index contributed by atoms with van der Waals surface area (Å²) in [5.74, 6) is 5.53. The highest BCUT2D eigenvalue weighted by Crippen LogP contribution is 2.35. The fourth-order valence-electron chi connectivity index (χ4n) is 4.35. The maximum absolute atomic E-state index is 13.1. The Balaban J connectivity index is 1.51. The number of urea groups is 1. The average molecular weight is 482 g/mol. The lowest BCUT2D eigenvalue weighted by atomic mass is 9.88. The van der Waals surface area contributed by atoms with Crippen LogP contribution in [0.15, 0.2) is 71.8 Å². The summed E-state index contributed by atoms with van der Waals surface area (Å²) in [5, 5.41) is 17.3. The molecule has 5 rings (SSSR count). The predicted molar refractivity (Wildman–Crippen MR) is 133 cm³/mol. The molecule has 1 saturated heterocycles. The Bertz CT molecular complexity index is 1610. The van der Waals surface area contributed by atoms with Crippen LogP contribution in [0.2, 0.25) is 0 Å². The first kappa shape index (κ1) is 22.8. The molecule has 2 aromatic carbocycles. The molecule has 9 nitrogen and oxygen atoms in total. The number of hydrogen-bond donors (Lipinski definition) is 4. The molecule has 0 radical (unpaired) electrons. The number of nitrogens with one attached hydrogen (secondary N) is 3. The highest BCUT2D eigenvalue weighted by atomic mass is 16.5. The van der Waals surface area contributed by atoms with E-state index in [4.69, 9.17) is 4.74 Å². The maximum Gasteiger partial charge on any atom is 0.322 e. The van der Waals surface area contributed by atoms with Gasteiger partial charge in [0, 0.05) is 29.2 Å². The van der Waals surface area contributed by atoms with Gasteiger partial charge in [-0.2, -0.15) is 0 Å². The summed E-state index contributed by atoms with van der Waals surface area (Å²) >= 11 is 0. The molecule has 1 fully saturated rings. The monoisotopic (exact) mass is 482 g/mol. The van der Waals surface area contributed by atoms with Crippen LogP contribution in [0.1, 0.15) is 12.5 Å². The Kier molecular flexibility index (Phi) is 5.70. The molecular formula is C27H22N4O5. The summed E-state index contributed by atoms with van der Waals surface area (Å²) in [5.41, 5.74) is 0.346. The third kappa shape index (κ3) is 4.05. The van der Waals surface area contributed by atoms with Crippen LogP contribution in [0.3, 0.4) is 0 Å². The van der Waals surface area contributed by atoms with E-state index in [1.807, 2.05) is 0 Å². The number of carbonyl (C=O) groups excluding carboxylic acids is 2. The number of H-pyrrole nitrogens is 1. The molecule has 3 heterocycles. The molecule has 2 aromatic heterocycles. The van der Waals surface area contributed by atoms with E-state index in [0.29, 0.717) is 16.7 Å². The van der Waals surface area contributed by atoms with Crippen molar-refractivity contribution in [3.05, 3.63) is 82.9 Å². The maximum atomic E-state index is 13.1. The van der Waals surface area contributed by atoms with E-state index in [-0.39, 0.29) is 24.6 Å². The Hall–Kier alpha value is -4.97. The van der Waals surface area contributed by atoms with Crippen LogP contribution < -0.4 is 20.9 Å². The van der Waals surface area contributed by atoms with Gasteiger partial charge in [0.15, 0.2) is 11.4 Å². The smallest absolute Gasteiger partial charge is 0.322 e. The van der Waals surface area contributed by atoms with Crippen molar-refractivity contribution in [2.45, 2.75) is 19.0 Å². The Morgan fingerprint density at radius 2 is 1.83 bits per heavy atom. The zero-order chi connectivity index (χ0) is 25.3. The molecule has 3 amide bonds. The predicted octanol–water partition coefficient (Wildman–Crippen LogP) is 2.84. The molecule has 0 spiro atoms. The summed E-state index contributed by atoms with van der Waals surface area (Å²) in [6.07, 6.45) is 3.27. The Morgan fingerprint density at radius 1 is 1.03 bits per heavy atom. The van der Waals surface area contributed by atoms with E-state index in [1.165, 1.54) is 10.6 Å². The van der Waals surface area contributed by atoms with Gasteiger partial charge >= 0.3 is 6.03 Å². The molecule has 4 N–H and O–H groups in total. The van der Waals surface area contributed by atoms with Crippen molar-refractivity contribution in [1.82, 2.24) is 20.2 Å². The van der Waals surface area contributed by atoms with Crippen molar-refractivity contribution in [2.24, 2.45) is 0 Å². The molecule has 36 heavy (non-hydrogen) atoms. The number of amides is 3. The third-order valence-electron chi connectivity index (χ3n) is 6.16. The van der Waals surface area contributed by atoms with Gasteiger partial charge in [-0.1, -0.05) is 30.2 Å². The molecule has 1 aliphatic rings. The van der Waals surface area contributed by atoms with Crippen LogP contribution in [-0.2, 0) is 16.9 Å². The number of benzene rings is 2. The number of aromatic amines is 1. The van der Waals surface area contributed by atoms with Gasteiger partial charge in [0.1, 0.15) is 12.4 Å². The number of hydrogen-bond acceptors (Lipinski definition) is 5. The highest BCUT2D eigenvalue weighted by Gasteiger charge is 2.48. The molecule has 0 aliphatic carbocycles. The molecule has 1 unspecified atom stereocenters. The minimum absolute atomic E-state index is 0.0487. The molecule has 0 saturated carbocycles. The first-order chi connectivity index (χ1) is 17.4. The lowest BCUT2D eigenvalue weighted by molar-refractivity contribution is -0.124.